The van der Waals surface area contributed by atoms with Gasteiger partial charge in [0.1, 0.15) is 0 Å². The van der Waals surface area contributed by atoms with Crippen LogP contribution >= 0.6 is 0 Å². The topological polar surface area (TPSA) is 91.9 Å². The molecule has 0 radical (unpaired) electrons. The molecule has 112 valence electrons. The molecule has 0 amide bonds. The zero-order valence-corrected chi connectivity index (χ0v) is 12.5. The molecule has 0 aliphatic carbocycles. The number of sulfonamides is 1. The molecule has 0 unspecified atom stereocenters. The molecule has 21 heavy (non-hydrogen) atoms. The summed E-state index contributed by atoms with van der Waals surface area (Å²) in [6.07, 6.45) is 1.44. The van der Waals surface area contributed by atoms with Crippen molar-refractivity contribution < 1.29 is 8.42 Å². The Morgan fingerprint density at radius 1 is 1.24 bits per heavy atom. The van der Waals surface area contributed by atoms with Crippen LogP contribution in [0.2, 0.25) is 0 Å². The van der Waals surface area contributed by atoms with E-state index in [1.807, 2.05) is 6.92 Å². The van der Waals surface area contributed by atoms with Gasteiger partial charge in [0.05, 0.1) is 11.4 Å². The Labute approximate surface area is 123 Å². The maximum absolute atomic E-state index is 11.9. The Balaban J connectivity index is 2.22. The first kappa shape index (κ1) is 15.2. The minimum absolute atomic E-state index is 0.102. The standard InChI is InChI=1S/C14H17N3O3S/c1-2-3-9-21(19,20)17-12-6-4-5-11(10-12)13-7-8-14(18)16-15-13/h4-8,10,17H,2-3,9H2,1H3,(H,16,18). The number of nitrogens with one attached hydrogen (secondary N) is 2. The molecule has 1 heterocycles. The molecule has 7 heteroatoms. The third-order valence-electron chi connectivity index (χ3n) is 2.88. The fourth-order valence-electron chi connectivity index (χ4n) is 1.81. The van der Waals surface area contributed by atoms with Crippen molar-refractivity contribution in [3.63, 3.8) is 0 Å². The molecular formula is C14H17N3O3S. The first-order valence-electron chi connectivity index (χ1n) is 6.67. The van der Waals surface area contributed by atoms with Crippen LogP contribution in [0, 0.1) is 0 Å². The maximum Gasteiger partial charge on any atom is 0.264 e. The number of anilines is 1. The largest absolute Gasteiger partial charge is 0.284 e. The summed E-state index contributed by atoms with van der Waals surface area (Å²) < 4.78 is 26.3. The summed E-state index contributed by atoms with van der Waals surface area (Å²) in [5, 5.41) is 6.27. The van der Waals surface area contributed by atoms with E-state index in [0.29, 0.717) is 17.8 Å². The average molecular weight is 307 g/mol. The molecule has 0 aliphatic rings. The highest BCUT2D eigenvalue weighted by Crippen LogP contribution is 2.20. The van der Waals surface area contributed by atoms with Crippen molar-refractivity contribution in [3.8, 4) is 11.3 Å². The number of benzene rings is 1. The molecule has 0 bridgehead atoms. The van der Waals surface area contributed by atoms with Crippen molar-refractivity contribution in [2.24, 2.45) is 0 Å². The fourth-order valence-corrected chi connectivity index (χ4v) is 3.07. The third kappa shape index (κ3) is 4.42. The highest BCUT2D eigenvalue weighted by atomic mass is 32.2. The van der Waals surface area contributed by atoms with E-state index in [-0.39, 0.29) is 11.3 Å². The van der Waals surface area contributed by atoms with Gasteiger partial charge in [-0.2, -0.15) is 5.10 Å². The van der Waals surface area contributed by atoms with Gasteiger partial charge in [0.2, 0.25) is 10.0 Å². The number of rotatable bonds is 6. The number of aromatic amines is 1. The van der Waals surface area contributed by atoms with Crippen LogP contribution in [0.4, 0.5) is 5.69 Å². The third-order valence-corrected chi connectivity index (χ3v) is 4.25. The van der Waals surface area contributed by atoms with Crippen LogP contribution in [0.15, 0.2) is 41.2 Å². The number of nitrogens with zero attached hydrogens (tertiary/aromatic N) is 1. The summed E-state index contributed by atoms with van der Waals surface area (Å²) in [4.78, 5) is 11.0. The van der Waals surface area contributed by atoms with Crippen molar-refractivity contribution in [1.82, 2.24) is 10.2 Å². The molecule has 0 fully saturated rings. The number of H-pyrrole nitrogens is 1. The predicted molar refractivity (Wildman–Crippen MR) is 82.6 cm³/mol. The van der Waals surface area contributed by atoms with E-state index in [9.17, 15) is 13.2 Å². The first-order valence-corrected chi connectivity index (χ1v) is 8.32. The number of hydrogen-bond donors (Lipinski definition) is 2. The SMILES string of the molecule is CCCCS(=O)(=O)Nc1cccc(-c2ccc(=O)[nH]n2)c1. The number of aromatic nitrogens is 2. The van der Waals surface area contributed by atoms with Crippen molar-refractivity contribution in [2.45, 2.75) is 19.8 Å². The summed E-state index contributed by atoms with van der Waals surface area (Å²) in [5.74, 6) is 0.102. The van der Waals surface area contributed by atoms with Crippen molar-refractivity contribution >= 4 is 15.7 Å². The average Bonchev–Trinajstić information content (AvgIpc) is 2.46. The van der Waals surface area contributed by atoms with Crippen LogP contribution in [-0.2, 0) is 10.0 Å². The first-order chi connectivity index (χ1) is 10.00. The van der Waals surface area contributed by atoms with Gasteiger partial charge in [0.15, 0.2) is 0 Å². The second kappa shape index (κ2) is 6.53. The summed E-state index contributed by atoms with van der Waals surface area (Å²) in [7, 11) is -3.33. The fraction of sp³-hybridized carbons (Fsp3) is 0.286. The molecule has 2 N–H and O–H groups in total. The van der Waals surface area contributed by atoms with Gasteiger partial charge in [0.25, 0.3) is 5.56 Å². The molecule has 1 aromatic carbocycles. The van der Waals surface area contributed by atoms with Gasteiger partial charge >= 0.3 is 0 Å². The highest BCUT2D eigenvalue weighted by Gasteiger charge is 2.10. The van der Waals surface area contributed by atoms with Crippen molar-refractivity contribution in [3.05, 3.63) is 46.8 Å². The summed E-state index contributed by atoms with van der Waals surface area (Å²) >= 11 is 0. The van der Waals surface area contributed by atoms with Crippen molar-refractivity contribution in [1.29, 1.82) is 0 Å². The van der Waals surface area contributed by atoms with Crippen LogP contribution in [0.1, 0.15) is 19.8 Å². The van der Waals surface area contributed by atoms with Crippen molar-refractivity contribution in [2.75, 3.05) is 10.5 Å². The quantitative estimate of drug-likeness (QED) is 0.853. The molecule has 1 aromatic heterocycles. The Morgan fingerprint density at radius 3 is 2.71 bits per heavy atom. The summed E-state index contributed by atoms with van der Waals surface area (Å²) in [5.41, 5.74) is 1.50. The summed E-state index contributed by atoms with van der Waals surface area (Å²) in [6, 6.07) is 9.86. The monoisotopic (exact) mass is 307 g/mol. The Hall–Kier alpha value is -2.15. The van der Waals surface area contributed by atoms with Crippen LogP contribution in [0.5, 0.6) is 0 Å². The van der Waals surface area contributed by atoms with Gasteiger partial charge in [-0.05, 0) is 24.6 Å². The van der Waals surface area contributed by atoms with E-state index in [2.05, 4.69) is 14.9 Å². The van der Waals surface area contributed by atoms with Gasteiger partial charge in [0, 0.05) is 17.3 Å². The van der Waals surface area contributed by atoms with Gasteiger partial charge in [-0.3, -0.25) is 9.52 Å². The molecule has 2 rings (SSSR count). The van der Waals surface area contributed by atoms with Crippen LogP contribution in [-0.4, -0.2) is 24.4 Å². The predicted octanol–water partition coefficient (Wildman–Crippen LogP) is 1.98. The normalized spacial score (nSPS) is 11.3. The van der Waals surface area contributed by atoms with E-state index in [1.165, 1.54) is 6.07 Å². The Bertz CT molecular complexity index is 749. The molecule has 0 spiro atoms. The van der Waals surface area contributed by atoms with Gasteiger partial charge in [-0.15, -0.1) is 0 Å². The zero-order chi connectivity index (χ0) is 15.3. The Kier molecular flexibility index (Phi) is 4.74. The van der Waals surface area contributed by atoms with Crippen LogP contribution in [0.25, 0.3) is 11.3 Å². The minimum Gasteiger partial charge on any atom is -0.284 e. The van der Waals surface area contributed by atoms with E-state index in [0.717, 1.165) is 12.0 Å². The molecular weight excluding hydrogens is 290 g/mol. The van der Waals surface area contributed by atoms with E-state index in [1.54, 1.807) is 30.3 Å². The summed E-state index contributed by atoms with van der Waals surface area (Å²) in [6.45, 7) is 1.94. The lowest BCUT2D eigenvalue weighted by Crippen LogP contribution is -2.16. The second-order valence-corrected chi connectivity index (χ2v) is 6.50. The lowest BCUT2D eigenvalue weighted by Gasteiger charge is -2.08. The molecule has 0 saturated carbocycles. The van der Waals surface area contributed by atoms with E-state index < -0.39 is 10.0 Å². The van der Waals surface area contributed by atoms with E-state index >= 15 is 0 Å². The van der Waals surface area contributed by atoms with Gasteiger partial charge < -0.3 is 0 Å². The van der Waals surface area contributed by atoms with Gasteiger partial charge in [-0.1, -0.05) is 25.5 Å². The Morgan fingerprint density at radius 2 is 2.05 bits per heavy atom. The highest BCUT2D eigenvalue weighted by molar-refractivity contribution is 7.92. The molecule has 0 aliphatic heterocycles. The maximum atomic E-state index is 11.9. The van der Waals surface area contributed by atoms with Crippen LogP contribution in [0.3, 0.4) is 0 Å². The van der Waals surface area contributed by atoms with E-state index in [4.69, 9.17) is 0 Å². The molecule has 0 atom stereocenters. The molecule has 6 nitrogen and oxygen atoms in total. The second-order valence-electron chi connectivity index (χ2n) is 4.66. The molecule has 0 saturated heterocycles. The van der Waals surface area contributed by atoms with Gasteiger partial charge in [-0.25, -0.2) is 13.5 Å². The minimum atomic E-state index is -3.33. The lowest BCUT2D eigenvalue weighted by atomic mass is 10.1. The zero-order valence-electron chi connectivity index (χ0n) is 11.7. The molecule has 2 aromatic rings. The van der Waals surface area contributed by atoms with Crippen LogP contribution < -0.4 is 10.3 Å². The lowest BCUT2D eigenvalue weighted by molar-refractivity contribution is 0.598. The number of hydrogen-bond acceptors (Lipinski definition) is 4. The number of unbranched alkanes of at least 4 members (excludes halogenated alkanes) is 1. The smallest absolute Gasteiger partial charge is 0.264 e.